The van der Waals surface area contributed by atoms with Gasteiger partial charge in [0.25, 0.3) is 5.69 Å². The van der Waals surface area contributed by atoms with E-state index in [1.807, 2.05) is 0 Å². The van der Waals surface area contributed by atoms with Gasteiger partial charge in [-0.3, -0.25) is 20.2 Å². The van der Waals surface area contributed by atoms with Crippen LogP contribution in [0.1, 0.15) is 5.56 Å². The van der Waals surface area contributed by atoms with Crippen molar-refractivity contribution in [1.29, 1.82) is 0 Å². The molecule has 9 heteroatoms. The molecule has 0 heterocycles. The second-order valence-corrected chi connectivity index (χ2v) is 3.14. The second-order valence-electron chi connectivity index (χ2n) is 3.14. The minimum absolute atomic E-state index is 0.124. The number of hydrogen-bond donors (Lipinski definition) is 3. The van der Waals surface area contributed by atoms with Crippen molar-refractivity contribution in [3.63, 3.8) is 0 Å². The van der Waals surface area contributed by atoms with E-state index in [1.165, 1.54) is 0 Å². The Morgan fingerprint density at radius 1 is 1.24 bits per heavy atom. The zero-order valence-corrected chi connectivity index (χ0v) is 8.49. The number of nitrogen functional groups attached to an aromatic ring is 1. The fourth-order valence-corrected chi connectivity index (χ4v) is 1.38. The van der Waals surface area contributed by atoms with E-state index in [1.54, 1.807) is 0 Å². The van der Waals surface area contributed by atoms with Gasteiger partial charge in [0.05, 0.1) is 27.2 Å². The SMILES string of the molecule is Nc1c(O)c([N+](=O)[O-])cc([N+](=O)[O-])c1CCO. The third kappa shape index (κ3) is 2.23. The fourth-order valence-electron chi connectivity index (χ4n) is 1.38. The number of nitro benzene ring substituents is 2. The quantitative estimate of drug-likeness (QED) is 0.298. The highest BCUT2D eigenvalue weighted by Gasteiger charge is 2.28. The lowest BCUT2D eigenvalue weighted by Gasteiger charge is -2.07. The average molecular weight is 243 g/mol. The minimum atomic E-state index is -0.971. The van der Waals surface area contributed by atoms with Crippen LogP contribution in [0.4, 0.5) is 17.1 Å². The maximum Gasteiger partial charge on any atom is 0.319 e. The summed E-state index contributed by atoms with van der Waals surface area (Å²) in [6, 6.07) is 0.622. The summed E-state index contributed by atoms with van der Waals surface area (Å²) < 4.78 is 0. The van der Waals surface area contributed by atoms with Crippen LogP contribution >= 0.6 is 0 Å². The van der Waals surface area contributed by atoms with Gasteiger partial charge >= 0.3 is 5.69 Å². The predicted octanol–water partition coefficient (Wildman–Crippen LogP) is 0.326. The van der Waals surface area contributed by atoms with E-state index in [4.69, 9.17) is 10.8 Å². The largest absolute Gasteiger partial charge is 0.501 e. The van der Waals surface area contributed by atoms with E-state index in [0.717, 1.165) is 0 Å². The van der Waals surface area contributed by atoms with Crippen LogP contribution in [-0.2, 0) is 6.42 Å². The van der Waals surface area contributed by atoms with Crippen molar-refractivity contribution in [1.82, 2.24) is 0 Å². The number of nitro groups is 2. The van der Waals surface area contributed by atoms with E-state index in [0.29, 0.717) is 6.07 Å². The van der Waals surface area contributed by atoms with Gasteiger partial charge in [0.2, 0.25) is 5.75 Å². The topological polar surface area (TPSA) is 153 Å². The summed E-state index contributed by atoms with van der Waals surface area (Å²) in [4.78, 5) is 19.4. The first kappa shape index (κ1) is 12.6. The normalized spacial score (nSPS) is 10.2. The third-order valence-electron chi connectivity index (χ3n) is 2.16. The van der Waals surface area contributed by atoms with Gasteiger partial charge in [0.15, 0.2) is 0 Å². The monoisotopic (exact) mass is 243 g/mol. The molecule has 17 heavy (non-hydrogen) atoms. The molecule has 0 saturated heterocycles. The lowest BCUT2D eigenvalue weighted by atomic mass is 10.1. The van der Waals surface area contributed by atoms with Gasteiger partial charge in [-0.2, -0.15) is 0 Å². The molecule has 0 aliphatic carbocycles. The predicted molar refractivity (Wildman–Crippen MR) is 56.6 cm³/mol. The van der Waals surface area contributed by atoms with E-state index in [9.17, 15) is 25.3 Å². The molecular formula is C8H9N3O6. The Morgan fingerprint density at radius 3 is 2.18 bits per heavy atom. The number of benzene rings is 1. The number of hydrogen-bond acceptors (Lipinski definition) is 7. The molecule has 0 aliphatic heterocycles. The van der Waals surface area contributed by atoms with Gasteiger partial charge in [-0.25, -0.2) is 0 Å². The van der Waals surface area contributed by atoms with Crippen molar-refractivity contribution < 1.29 is 20.1 Å². The van der Waals surface area contributed by atoms with E-state index >= 15 is 0 Å². The number of anilines is 1. The maximum absolute atomic E-state index is 10.7. The maximum atomic E-state index is 10.7. The van der Waals surface area contributed by atoms with E-state index in [-0.39, 0.29) is 12.0 Å². The molecule has 0 radical (unpaired) electrons. The Bertz CT molecular complexity index is 487. The lowest BCUT2D eigenvalue weighted by molar-refractivity contribution is -0.395. The first-order chi connectivity index (χ1) is 7.90. The van der Waals surface area contributed by atoms with Crippen molar-refractivity contribution >= 4 is 17.1 Å². The fraction of sp³-hybridized carbons (Fsp3) is 0.250. The van der Waals surface area contributed by atoms with Crippen LogP contribution in [0.5, 0.6) is 5.75 Å². The van der Waals surface area contributed by atoms with Gasteiger partial charge < -0.3 is 15.9 Å². The number of nitrogens with zero attached hydrogens (tertiary/aromatic N) is 2. The van der Waals surface area contributed by atoms with Crippen molar-refractivity contribution in [2.75, 3.05) is 12.3 Å². The van der Waals surface area contributed by atoms with Crippen LogP contribution in [0, 0.1) is 20.2 Å². The lowest BCUT2D eigenvalue weighted by Crippen LogP contribution is -2.05. The molecule has 0 atom stereocenters. The summed E-state index contributed by atoms with van der Waals surface area (Å²) in [5, 5.41) is 39.4. The number of phenols is 1. The molecule has 0 aromatic heterocycles. The molecule has 1 aromatic carbocycles. The van der Waals surface area contributed by atoms with Gasteiger partial charge in [0.1, 0.15) is 0 Å². The Balaban J connectivity index is 3.56. The second kappa shape index (κ2) is 4.61. The third-order valence-corrected chi connectivity index (χ3v) is 2.16. The highest BCUT2D eigenvalue weighted by molar-refractivity contribution is 5.73. The molecule has 0 fully saturated rings. The summed E-state index contributed by atoms with van der Waals surface area (Å²) in [7, 11) is 0. The van der Waals surface area contributed by atoms with Crippen molar-refractivity contribution in [3.05, 3.63) is 31.9 Å². The van der Waals surface area contributed by atoms with Crippen LogP contribution < -0.4 is 5.73 Å². The molecule has 1 aromatic rings. The number of rotatable bonds is 4. The summed E-state index contributed by atoms with van der Waals surface area (Å²) in [5.41, 5.74) is 3.36. The average Bonchev–Trinajstić information content (AvgIpc) is 2.24. The molecular weight excluding hydrogens is 234 g/mol. The number of aromatic hydroxyl groups is 1. The van der Waals surface area contributed by atoms with Crippen molar-refractivity contribution in [2.45, 2.75) is 6.42 Å². The van der Waals surface area contributed by atoms with Crippen LogP contribution in [0.2, 0.25) is 0 Å². The number of phenolic OH excluding ortho intramolecular Hbond substituents is 1. The Hall–Kier alpha value is -2.42. The molecule has 0 bridgehead atoms. The minimum Gasteiger partial charge on any atom is -0.501 e. The molecule has 0 saturated carbocycles. The van der Waals surface area contributed by atoms with Crippen LogP contribution in [0.25, 0.3) is 0 Å². The molecule has 0 spiro atoms. The van der Waals surface area contributed by atoms with Gasteiger partial charge in [-0.15, -0.1) is 0 Å². The highest BCUT2D eigenvalue weighted by Crippen LogP contribution is 2.40. The van der Waals surface area contributed by atoms with Crippen LogP contribution in [-0.4, -0.2) is 26.7 Å². The first-order valence-corrected chi connectivity index (χ1v) is 4.44. The van der Waals surface area contributed by atoms with Gasteiger partial charge in [-0.05, 0) is 0 Å². The molecule has 0 amide bonds. The number of nitrogens with two attached hydrogens (primary N) is 1. The molecule has 1 rings (SSSR count). The zero-order chi connectivity index (χ0) is 13.2. The summed E-state index contributed by atoms with van der Waals surface area (Å²) in [6.07, 6.45) is -0.173. The Labute approximate surface area is 94.4 Å². The number of aliphatic hydroxyl groups is 1. The van der Waals surface area contributed by atoms with Crippen LogP contribution in [0.15, 0.2) is 6.07 Å². The molecule has 4 N–H and O–H groups in total. The first-order valence-electron chi connectivity index (χ1n) is 4.44. The standard InChI is InChI=1S/C8H9N3O6/c9-7-4(1-2-12)5(10(14)15)3-6(8(7)13)11(16)17/h3,12-13H,1-2,9H2. The van der Waals surface area contributed by atoms with E-state index < -0.39 is 39.3 Å². The molecule has 9 nitrogen and oxygen atoms in total. The Kier molecular flexibility index (Phi) is 3.43. The van der Waals surface area contributed by atoms with Crippen molar-refractivity contribution in [3.8, 4) is 5.75 Å². The van der Waals surface area contributed by atoms with E-state index in [2.05, 4.69) is 0 Å². The summed E-state index contributed by atoms with van der Waals surface area (Å²) in [6.45, 7) is -0.428. The highest BCUT2D eigenvalue weighted by atomic mass is 16.6. The van der Waals surface area contributed by atoms with Crippen molar-refractivity contribution in [2.24, 2.45) is 0 Å². The van der Waals surface area contributed by atoms with Crippen LogP contribution in [0.3, 0.4) is 0 Å². The number of aliphatic hydroxyl groups excluding tert-OH is 1. The Morgan fingerprint density at radius 2 is 1.76 bits per heavy atom. The summed E-state index contributed by atoms with van der Waals surface area (Å²) in [5.74, 6) is -0.830. The molecule has 0 unspecified atom stereocenters. The van der Waals surface area contributed by atoms with Gasteiger partial charge in [-0.1, -0.05) is 0 Å². The molecule has 0 aliphatic rings. The zero-order valence-electron chi connectivity index (χ0n) is 8.49. The van der Waals surface area contributed by atoms with Gasteiger partial charge in [0, 0.05) is 13.0 Å². The molecule has 92 valence electrons. The summed E-state index contributed by atoms with van der Waals surface area (Å²) >= 11 is 0. The smallest absolute Gasteiger partial charge is 0.319 e.